The molecule has 1 amide bonds. The van der Waals surface area contributed by atoms with Crippen LogP contribution in [0.3, 0.4) is 0 Å². The number of hydrogen-bond acceptors (Lipinski definition) is 5. The standard InChI is InChI=1S/C25H24N4O3/c1-15-9-8-12-20(16(15)2)26-22(30)14-32-25(31)19-13-21(18-10-6-5-7-11-18)27-24-23(19)17(3)28-29(24)4/h5-13H,14H2,1-4H3,(H,26,30). The molecule has 0 fully saturated rings. The monoisotopic (exact) mass is 428 g/mol. The van der Waals surface area contributed by atoms with E-state index in [2.05, 4.69) is 10.4 Å². The quantitative estimate of drug-likeness (QED) is 0.478. The molecule has 4 aromatic rings. The summed E-state index contributed by atoms with van der Waals surface area (Å²) in [4.78, 5) is 30.1. The summed E-state index contributed by atoms with van der Waals surface area (Å²) in [6, 6.07) is 16.9. The van der Waals surface area contributed by atoms with E-state index in [9.17, 15) is 9.59 Å². The highest BCUT2D eigenvalue weighted by molar-refractivity contribution is 6.06. The topological polar surface area (TPSA) is 86.1 Å². The van der Waals surface area contributed by atoms with Crippen molar-refractivity contribution < 1.29 is 14.3 Å². The second-order valence-electron chi connectivity index (χ2n) is 7.70. The summed E-state index contributed by atoms with van der Waals surface area (Å²) < 4.78 is 7.02. The minimum Gasteiger partial charge on any atom is -0.452 e. The number of fused-ring (bicyclic) bond motifs is 1. The Morgan fingerprint density at radius 2 is 1.78 bits per heavy atom. The molecule has 0 unspecified atom stereocenters. The first-order chi connectivity index (χ1) is 15.3. The molecule has 7 heteroatoms. The highest BCUT2D eigenvalue weighted by Crippen LogP contribution is 2.27. The molecular weight excluding hydrogens is 404 g/mol. The van der Waals surface area contributed by atoms with Gasteiger partial charge in [-0.25, -0.2) is 9.78 Å². The van der Waals surface area contributed by atoms with Crippen LogP contribution in [0, 0.1) is 20.8 Å². The van der Waals surface area contributed by atoms with E-state index < -0.39 is 18.5 Å². The zero-order valence-electron chi connectivity index (χ0n) is 18.5. The molecule has 0 radical (unpaired) electrons. The third-order valence-electron chi connectivity index (χ3n) is 5.47. The number of esters is 1. The number of amides is 1. The summed E-state index contributed by atoms with van der Waals surface area (Å²) in [6.45, 7) is 5.33. The smallest absolute Gasteiger partial charge is 0.339 e. The number of aryl methyl sites for hydroxylation is 3. The number of ether oxygens (including phenoxy) is 1. The molecule has 7 nitrogen and oxygen atoms in total. The van der Waals surface area contributed by atoms with Crippen LogP contribution in [0.25, 0.3) is 22.3 Å². The van der Waals surface area contributed by atoms with Crippen molar-refractivity contribution >= 4 is 28.6 Å². The van der Waals surface area contributed by atoms with E-state index >= 15 is 0 Å². The summed E-state index contributed by atoms with van der Waals surface area (Å²) in [7, 11) is 1.78. The number of carbonyl (C=O) groups is 2. The van der Waals surface area contributed by atoms with Gasteiger partial charge in [-0.3, -0.25) is 9.48 Å². The van der Waals surface area contributed by atoms with Gasteiger partial charge in [0.2, 0.25) is 0 Å². The number of pyridine rings is 1. The van der Waals surface area contributed by atoms with Gasteiger partial charge in [-0.15, -0.1) is 0 Å². The fourth-order valence-corrected chi connectivity index (χ4v) is 3.64. The van der Waals surface area contributed by atoms with Gasteiger partial charge in [-0.2, -0.15) is 5.10 Å². The Bertz CT molecular complexity index is 1330. The molecule has 0 saturated carbocycles. The van der Waals surface area contributed by atoms with Gasteiger partial charge >= 0.3 is 5.97 Å². The van der Waals surface area contributed by atoms with E-state index in [0.29, 0.717) is 33.7 Å². The van der Waals surface area contributed by atoms with Crippen LogP contribution in [-0.4, -0.2) is 33.2 Å². The zero-order chi connectivity index (χ0) is 22.8. The van der Waals surface area contributed by atoms with E-state index in [1.165, 1.54) is 0 Å². The van der Waals surface area contributed by atoms with Crippen LogP contribution < -0.4 is 5.32 Å². The molecule has 0 aliphatic heterocycles. The average molecular weight is 428 g/mol. The number of hydrogen-bond donors (Lipinski definition) is 1. The van der Waals surface area contributed by atoms with Crippen molar-refractivity contribution in [3.05, 3.63) is 77.0 Å². The van der Waals surface area contributed by atoms with Crippen LogP contribution in [0.5, 0.6) is 0 Å². The number of rotatable bonds is 5. The highest BCUT2D eigenvalue weighted by Gasteiger charge is 2.21. The lowest BCUT2D eigenvalue weighted by Crippen LogP contribution is -2.21. The Morgan fingerprint density at radius 1 is 1.03 bits per heavy atom. The van der Waals surface area contributed by atoms with Crippen LogP contribution in [0.15, 0.2) is 54.6 Å². The first-order valence-electron chi connectivity index (χ1n) is 10.3. The zero-order valence-corrected chi connectivity index (χ0v) is 18.5. The molecule has 0 bridgehead atoms. The van der Waals surface area contributed by atoms with Crippen LogP contribution in [0.4, 0.5) is 5.69 Å². The fourth-order valence-electron chi connectivity index (χ4n) is 3.64. The molecule has 162 valence electrons. The lowest BCUT2D eigenvalue weighted by atomic mass is 10.1. The molecule has 0 aliphatic carbocycles. The molecule has 2 aromatic carbocycles. The maximum Gasteiger partial charge on any atom is 0.339 e. The third-order valence-corrected chi connectivity index (χ3v) is 5.47. The molecule has 1 N–H and O–H groups in total. The molecule has 2 aromatic heterocycles. The Labute approximate surface area is 186 Å². The van der Waals surface area contributed by atoms with E-state index in [1.54, 1.807) is 17.8 Å². The molecule has 2 heterocycles. The van der Waals surface area contributed by atoms with E-state index in [0.717, 1.165) is 16.7 Å². The average Bonchev–Trinajstić information content (AvgIpc) is 3.08. The van der Waals surface area contributed by atoms with Crippen molar-refractivity contribution in [3.63, 3.8) is 0 Å². The van der Waals surface area contributed by atoms with Gasteiger partial charge in [0.25, 0.3) is 5.91 Å². The minimum absolute atomic E-state index is 0.332. The van der Waals surface area contributed by atoms with Crippen molar-refractivity contribution in [1.82, 2.24) is 14.8 Å². The predicted molar refractivity (Wildman–Crippen MR) is 124 cm³/mol. The van der Waals surface area contributed by atoms with Gasteiger partial charge in [0.05, 0.1) is 22.3 Å². The first kappa shape index (κ1) is 21.2. The van der Waals surface area contributed by atoms with Gasteiger partial charge < -0.3 is 10.1 Å². The Hall–Kier alpha value is -4.00. The number of carbonyl (C=O) groups excluding carboxylic acids is 2. The third kappa shape index (κ3) is 4.09. The van der Waals surface area contributed by atoms with Crippen molar-refractivity contribution in [1.29, 1.82) is 0 Å². The van der Waals surface area contributed by atoms with Gasteiger partial charge in [-0.05, 0) is 44.0 Å². The molecule has 0 saturated heterocycles. The highest BCUT2D eigenvalue weighted by atomic mass is 16.5. The van der Waals surface area contributed by atoms with Crippen LogP contribution in [-0.2, 0) is 16.6 Å². The van der Waals surface area contributed by atoms with Crippen LogP contribution in [0.2, 0.25) is 0 Å². The summed E-state index contributed by atoms with van der Waals surface area (Å²) >= 11 is 0. The van der Waals surface area contributed by atoms with E-state index in [1.807, 2.05) is 69.3 Å². The van der Waals surface area contributed by atoms with E-state index in [-0.39, 0.29) is 0 Å². The molecule has 32 heavy (non-hydrogen) atoms. The molecule has 0 spiro atoms. The first-order valence-corrected chi connectivity index (χ1v) is 10.3. The maximum absolute atomic E-state index is 13.0. The molecular formula is C25H24N4O3. The van der Waals surface area contributed by atoms with Gasteiger partial charge in [-0.1, -0.05) is 42.5 Å². The van der Waals surface area contributed by atoms with Crippen molar-refractivity contribution in [3.8, 4) is 11.3 Å². The number of aromatic nitrogens is 3. The number of nitrogens with one attached hydrogen (secondary N) is 1. The summed E-state index contributed by atoms with van der Waals surface area (Å²) in [5.74, 6) is -0.995. The molecule has 4 rings (SSSR count). The SMILES string of the molecule is Cc1cccc(NC(=O)COC(=O)c2cc(-c3ccccc3)nc3c2c(C)nn3C)c1C. The van der Waals surface area contributed by atoms with Crippen LogP contribution >= 0.6 is 0 Å². The Kier molecular flexibility index (Phi) is 5.73. The molecule has 0 aliphatic rings. The summed E-state index contributed by atoms with van der Waals surface area (Å²) in [6.07, 6.45) is 0. The van der Waals surface area contributed by atoms with Gasteiger partial charge in [0, 0.05) is 18.3 Å². The number of nitrogens with zero attached hydrogens (tertiary/aromatic N) is 3. The maximum atomic E-state index is 13.0. The van der Waals surface area contributed by atoms with Crippen LogP contribution in [0.1, 0.15) is 27.2 Å². The molecule has 0 atom stereocenters. The normalized spacial score (nSPS) is 10.9. The van der Waals surface area contributed by atoms with Crippen molar-refractivity contribution in [2.75, 3.05) is 11.9 Å². The largest absolute Gasteiger partial charge is 0.452 e. The summed E-state index contributed by atoms with van der Waals surface area (Å²) in [5, 5.41) is 7.82. The Balaban J connectivity index is 1.60. The van der Waals surface area contributed by atoms with Gasteiger partial charge in [0.1, 0.15) is 0 Å². The predicted octanol–water partition coefficient (Wildman–Crippen LogP) is 4.36. The lowest BCUT2D eigenvalue weighted by molar-refractivity contribution is -0.119. The van der Waals surface area contributed by atoms with Crippen molar-refractivity contribution in [2.24, 2.45) is 7.05 Å². The second-order valence-corrected chi connectivity index (χ2v) is 7.70. The summed E-state index contributed by atoms with van der Waals surface area (Å²) in [5.41, 5.74) is 5.83. The van der Waals surface area contributed by atoms with E-state index in [4.69, 9.17) is 9.72 Å². The lowest BCUT2D eigenvalue weighted by Gasteiger charge is -2.11. The fraction of sp³-hybridized carbons (Fsp3) is 0.200. The minimum atomic E-state index is -0.596. The second kappa shape index (κ2) is 8.63. The number of benzene rings is 2. The van der Waals surface area contributed by atoms with Gasteiger partial charge in [0.15, 0.2) is 12.3 Å². The Morgan fingerprint density at radius 3 is 2.53 bits per heavy atom. The van der Waals surface area contributed by atoms with Crippen molar-refractivity contribution in [2.45, 2.75) is 20.8 Å². The number of anilines is 1.